The fraction of sp³-hybridized carbons (Fsp3) is 0.391. The molecule has 4 rings (SSSR count). The molecule has 1 aliphatic rings. The van der Waals surface area contributed by atoms with E-state index in [-0.39, 0.29) is 18.1 Å². The van der Waals surface area contributed by atoms with Crippen molar-refractivity contribution in [1.82, 2.24) is 24.5 Å². The maximum Gasteiger partial charge on any atom is 0.410 e. The van der Waals surface area contributed by atoms with Crippen LogP contribution in [0.25, 0.3) is 11.4 Å². The highest BCUT2D eigenvalue weighted by Gasteiger charge is 2.36. The maximum atomic E-state index is 13.0. The minimum atomic E-state index is -0.568. The Kier molecular flexibility index (Phi) is 6.09. The van der Waals surface area contributed by atoms with Crippen molar-refractivity contribution in [2.24, 2.45) is 0 Å². The van der Waals surface area contributed by atoms with Crippen LogP contribution in [-0.4, -0.2) is 48.0 Å². The molecule has 2 N–H and O–H groups in total. The first-order valence-corrected chi connectivity index (χ1v) is 10.6. The molecule has 9 heteroatoms. The Morgan fingerprint density at radius 2 is 1.94 bits per heavy atom. The first-order chi connectivity index (χ1) is 15.4. The summed E-state index contributed by atoms with van der Waals surface area (Å²) in [6.07, 6.45) is 9.61. The number of nitrogens with zero attached hydrogens (tertiary/aromatic N) is 5. The molecule has 1 aromatic carbocycles. The van der Waals surface area contributed by atoms with Crippen LogP contribution in [0.1, 0.15) is 56.8 Å². The summed E-state index contributed by atoms with van der Waals surface area (Å²) in [5, 5.41) is 9.26. The molecule has 0 radical (unpaired) electrons. The van der Waals surface area contributed by atoms with Crippen LogP contribution >= 0.6 is 0 Å². The van der Waals surface area contributed by atoms with Gasteiger partial charge in [-0.3, -0.25) is 15.2 Å². The predicted octanol–water partition coefficient (Wildman–Crippen LogP) is 4.13. The number of imidazole rings is 1. The molecule has 2 atom stereocenters. The van der Waals surface area contributed by atoms with Gasteiger partial charge in [-0.05, 0) is 39.2 Å². The minimum Gasteiger partial charge on any atom is -0.444 e. The number of hydrogen-bond donors (Lipinski definition) is 2. The summed E-state index contributed by atoms with van der Waals surface area (Å²) in [6.45, 7) is 6.19. The number of hydrogen-bond acceptors (Lipinski definition) is 7. The Labute approximate surface area is 187 Å². The van der Waals surface area contributed by atoms with Crippen LogP contribution in [0.5, 0.6) is 0 Å². The molecule has 1 aliphatic heterocycles. The SMILES string of the molecule is CC(C)(C)OC(=O)N1CCC(c2cnccn2)C[C@H]1c1ccc(-c2nccn2NO)cc1. The molecule has 0 bridgehead atoms. The van der Waals surface area contributed by atoms with Gasteiger partial charge >= 0.3 is 6.09 Å². The van der Waals surface area contributed by atoms with E-state index in [4.69, 9.17) is 4.74 Å². The molecule has 1 amide bonds. The van der Waals surface area contributed by atoms with E-state index < -0.39 is 5.60 Å². The predicted molar refractivity (Wildman–Crippen MR) is 118 cm³/mol. The highest BCUT2D eigenvalue weighted by atomic mass is 16.6. The van der Waals surface area contributed by atoms with Crippen molar-refractivity contribution in [2.45, 2.75) is 51.2 Å². The second-order valence-corrected chi connectivity index (χ2v) is 8.88. The van der Waals surface area contributed by atoms with Gasteiger partial charge in [-0.15, -0.1) is 0 Å². The summed E-state index contributed by atoms with van der Waals surface area (Å²) in [4.78, 5) is 27.8. The number of piperidine rings is 1. The zero-order valence-electron chi connectivity index (χ0n) is 18.5. The lowest BCUT2D eigenvalue weighted by Crippen LogP contribution is -2.43. The molecule has 9 nitrogen and oxygen atoms in total. The average molecular weight is 437 g/mol. The van der Waals surface area contributed by atoms with Gasteiger partial charge in [0.2, 0.25) is 0 Å². The number of benzene rings is 1. The monoisotopic (exact) mass is 436 g/mol. The molecule has 1 saturated heterocycles. The molecule has 2 aromatic heterocycles. The van der Waals surface area contributed by atoms with Crippen LogP contribution < -0.4 is 5.59 Å². The van der Waals surface area contributed by atoms with E-state index >= 15 is 0 Å². The maximum absolute atomic E-state index is 13.0. The lowest BCUT2D eigenvalue weighted by Gasteiger charge is -2.40. The molecule has 168 valence electrons. The van der Waals surface area contributed by atoms with E-state index in [2.05, 4.69) is 20.5 Å². The van der Waals surface area contributed by atoms with Crippen LogP contribution in [0.3, 0.4) is 0 Å². The smallest absolute Gasteiger partial charge is 0.410 e. The first kappa shape index (κ1) is 21.8. The standard InChI is InChI=1S/C23H28N6O3/c1-23(2,3)32-22(30)28-12-8-18(19-15-24-9-10-25-19)14-20(28)16-4-6-17(7-5-16)21-26-11-13-29(21)27-31/h4-7,9-11,13,15,18,20,27,31H,8,12,14H2,1-3H3/t18?,20-/m0/s1. The zero-order chi connectivity index (χ0) is 22.7. The lowest BCUT2D eigenvalue weighted by molar-refractivity contribution is 0.00750. The van der Waals surface area contributed by atoms with Crippen molar-refractivity contribution in [3.8, 4) is 11.4 Å². The topological polar surface area (TPSA) is 105 Å². The Bertz CT molecular complexity index is 1050. The Hall–Kier alpha value is -3.46. The van der Waals surface area contributed by atoms with Crippen molar-refractivity contribution in [1.29, 1.82) is 0 Å². The molecule has 3 heterocycles. The third kappa shape index (κ3) is 4.72. The van der Waals surface area contributed by atoms with Crippen molar-refractivity contribution < 1.29 is 14.7 Å². The highest BCUT2D eigenvalue weighted by molar-refractivity contribution is 5.69. The van der Waals surface area contributed by atoms with Gasteiger partial charge in [0.05, 0.1) is 11.7 Å². The average Bonchev–Trinajstić information content (AvgIpc) is 3.27. The lowest BCUT2D eigenvalue weighted by atomic mass is 9.85. The van der Waals surface area contributed by atoms with Crippen LogP contribution in [0.4, 0.5) is 4.79 Å². The van der Waals surface area contributed by atoms with E-state index in [0.717, 1.165) is 29.7 Å². The summed E-state index contributed by atoms with van der Waals surface area (Å²) < 4.78 is 7.12. The second-order valence-electron chi connectivity index (χ2n) is 8.88. The summed E-state index contributed by atoms with van der Waals surface area (Å²) in [5.41, 5.74) is 4.30. The van der Waals surface area contributed by atoms with Gasteiger partial charge in [-0.1, -0.05) is 24.3 Å². The van der Waals surface area contributed by atoms with E-state index in [9.17, 15) is 10.0 Å². The number of aromatic nitrogens is 4. The quantitative estimate of drug-likeness (QED) is 0.593. The number of ether oxygens (including phenoxy) is 1. The molecule has 0 saturated carbocycles. The van der Waals surface area contributed by atoms with Crippen LogP contribution in [0, 0.1) is 0 Å². The van der Waals surface area contributed by atoms with E-state index in [1.807, 2.05) is 49.9 Å². The fourth-order valence-electron chi connectivity index (χ4n) is 4.06. The van der Waals surface area contributed by atoms with Gasteiger partial charge in [0.1, 0.15) is 5.60 Å². The summed E-state index contributed by atoms with van der Waals surface area (Å²) in [6, 6.07) is 7.70. The molecule has 3 aromatic rings. The number of amides is 1. The van der Waals surface area contributed by atoms with E-state index in [0.29, 0.717) is 12.4 Å². The van der Waals surface area contributed by atoms with Gasteiger partial charge in [0, 0.05) is 49.0 Å². The minimum absolute atomic E-state index is 0.157. The van der Waals surface area contributed by atoms with E-state index in [1.54, 1.807) is 31.0 Å². The summed E-state index contributed by atoms with van der Waals surface area (Å²) in [5.74, 6) is 0.786. The molecule has 32 heavy (non-hydrogen) atoms. The van der Waals surface area contributed by atoms with Crippen LogP contribution in [0.15, 0.2) is 55.2 Å². The Balaban J connectivity index is 1.62. The van der Waals surface area contributed by atoms with Crippen molar-refractivity contribution in [3.05, 3.63) is 66.5 Å². The van der Waals surface area contributed by atoms with Crippen LogP contribution in [-0.2, 0) is 4.74 Å². The van der Waals surface area contributed by atoms with Crippen LogP contribution in [0.2, 0.25) is 0 Å². The largest absolute Gasteiger partial charge is 0.444 e. The molecule has 0 spiro atoms. The van der Waals surface area contributed by atoms with Crippen molar-refractivity contribution in [2.75, 3.05) is 12.1 Å². The molecule has 0 aliphatic carbocycles. The third-order valence-corrected chi connectivity index (χ3v) is 5.53. The van der Waals surface area contributed by atoms with Gasteiger partial charge in [-0.25, -0.2) is 20.0 Å². The van der Waals surface area contributed by atoms with Crippen molar-refractivity contribution >= 4 is 6.09 Å². The molecule has 1 unspecified atom stereocenters. The zero-order valence-corrected chi connectivity index (χ0v) is 18.5. The molecule has 1 fully saturated rings. The van der Waals surface area contributed by atoms with E-state index in [1.165, 1.54) is 4.68 Å². The van der Waals surface area contributed by atoms with Gasteiger partial charge < -0.3 is 9.64 Å². The Morgan fingerprint density at radius 3 is 2.59 bits per heavy atom. The number of likely N-dealkylation sites (tertiary alicyclic amines) is 1. The number of carbonyl (C=O) groups is 1. The second kappa shape index (κ2) is 8.96. The summed E-state index contributed by atoms with van der Waals surface area (Å²) in [7, 11) is 0. The number of nitrogens with one attached hydrogen (secondary N) is 1. The highest BCUT2D eigenvalue weighted by Crippen LogP contribution is 2.39. The van der Waals surface area contributed by atoms with Gasteiger partial charge in [0.15, 0.2) is 5.82 Å². The fourth-order valence-corrected chi connectivity index (χ4v) is 4.06. The molecular weight excluding hydrogens is 408 g/mol. The van der Waals surface area contributed by atoms with Crippen molar-refractivity contribution in [3.63, 3.8) is 0 Å². The normalized spacial score (nSPS) is 18.9. The molecular formula is C23H28N6O3. The van der Waals surface area contributed by atoms with Gasteiger partial charge in [-0.2, -0.15) is 0 Å². The van der Waals surface area contributed by atoms with Gasteiger partial charge in [0.25, 0.3) is 0 Å². The third-order valence-electron chi connectivity index (χ3n) is 5.53. The summed E-state index contributed by atoms with van der Waals surface area (Å²) >= 11 is 0. The Morgan fingerprint density at radius 1 is 1.16 bits per heavy atom. The number of rotatable bonds is 4. The first-order valence-electron chi connectivity index (χ1n) is 10.6. The number of carbonyl (C=O) groups excluding carboxylic acids is 1.